The van der Waals surface area contributed by atoms with Gasteiger partial charge in [-0.3, -0.25) is 14.4 Å². The van der Waals surface area contributed by atoms with E-state index in [4.69, 9.17) is 0 Å². The van der Waals surface area contributed by atoms with Gasteiger partial charge in [0, 0.05) is 37.4 Å². The van der Waals surface area contributed by atoms with E-state index in [1.807, 2.05) is 23.1 Å². The summed E-state index contributed by atoms with van der Waals surface area (Å²) in [7, 11) is 0. The van der Waals surface area contributed by atoms with Crippen molar-refractivity contribution in [2.24, 2.45) is 0 Å². The topological polar surface area (TPSA) is 73.8 Å². The summed E-state index contributed by atoms with van der Waals surface area (Å²) in [6.45, 7) is 2.86. The predicted molar refractivity (Wildman–Crippen MR) is 132 cm³/mol. The van der Waals surface area contributed by atoms with Crippen molar-refractivity contribution < 1.29 is 14.4 Å². The minimum atomic E-state index is -0.368. The number of hydrogen-bond acceptors (Lipinski definition) is 6. The van der Waals surface area contributed by atoms with E-state index >= 15 is 0 Å². The first-order chi connectivity index (χ1) is 16.6. The highest BCUT2D eigenvalue weighted by Gasteiger charge is 2.38. The number of carbonyl (C=O) groups excluding carboxylic acids is 3. The van der Waals surface area contributed by atoms with Crippen molar-refractivity contribution in [2.75, 3.05) is 36.0 Å². The average molecular weight is 469 g/mol. The lowest BCUT2D eigenvalue weighted by molar-refractivity contribution is 0.0746. The van der Waals surface area contributed by atoms with Crippen LogP contribution in [-0.2, 0) is 0 Å². The van der Waals surface area contributed by atoms with Crippen LogP contribution in [0, 0.1) is 0 Å². The van der Waals surface area contributed by atoms with Crippen LogP contribution in [0.1, 0.15) is 31.1 Å². The molecular weight excluding hydrogens is 448 g/mol. The van der Waals surface area contributed by atoms with E-state index in [2.05, 4.69) is 22.0 Å². The van der Waals surface area contributed by atoms with Crippen LogP contribution in [0.15, 0.2) is 72.8 Å². The fraction of sp³-hybridized carbons (Fsp3) is 0.154. The van der Waals surface area contributed by atoms with E-state index < -0.39 is 0 Å². The van der Waals surface area contributed by atoms with E-state index in [0.29, 0.717) is 40.4 Å². The maximum atomic E-state index is 13.2. The first kappa shape index (κ1) is 20.6. The second-order valence-corrected chi connectivity index (χ2v) is 9.29. The molecule has 2 aliphatic heterocycles. The van der Waals surface area contributed by atoms with Crippen molar-refractivity contribution in [1.29, 1.82) is 0 Å². The summed E-state index contributed by atoms with van der Waals surface area (Å²) in [5, 5.41) is 0.322. The Morgan fingerprint density at radius 3 is 2.12 bits per heavy atom. The summed E-state index contributed by atoms with van der Waals surface area (Å²) >= 11 is 1.24. The maximum absolute atomic E-state index is 13.2. The van der Waals surface area contributed by atoms with E-state index in [0.717, 1.165) is 22.7 Å². The van der Waals surface area contributed by atoms with Crippen molar-refractivity contribution in [3.05, 3.63) is 89.5 Å². The van der Waals surface area contributed by atoms with Crippen LogP contribution in [-0.4, -0.2) is 53.8 Å². The largest absolute Gasteiger partial charge is 0.368 e. The Bertz CT molecular complexity index is 1410. The van der Waals surface area contributed by atoms with Crippen molar-refractivity contribution >= 4 is 50.1 Å². The average Bonchev–Trinajstić information content (AvgIpc) is 3.42. The van der Waals surface area contributed by atoms with Gasteiger partial charge >= 0.3 is 0 Å². The van der Waals surface area contributed by atoms with Crippen LogP contribution in [0.2, 0.25) is 0 Å². The van der Waals surface area contributed by atoms with Crippen molar-refractivity contribution in [2.45, 2.75) is 0 Å². The molecule has 8 heteroatoms. The fourth-order valence-corrected chi connectivity index (χ4v) is 5.50. The molecule has 0 spiro atoms. The summed E-state index contributed by atoms with van der Waals surface area (Å²) in [4.78, 5) is 48.6. The number of anilines is 2. The quantitative estimate of drug-likeness (QED) is 0.424. The third-order valence-corrected chi connectivity index (χ3v) is 7.30. The molecule has 0 aliphatic carbocycles. The molecule has 0 saturated carbocycles. The standard InChI is InChI=1S/C26H20N4O3S/c31-23(29-14-12-28(13-15-29)18-6-2-1-3-7-18)17-10-11-21-22(16-17)34-26(27-21)30-24(32)19-8-4-5-9-20(19)25(30)33/h1-11,16H,12-15H2. The molecule has 0 bridgehead atoms. The van der Waals surface area contributed by atoms with Crippen LogP contribution in [0.25, 0.3) is 10.2 Å². The van der Waals surface area contributed by atoms with Crippen LogP contribution < -0.4 is 9.80 Å². The molecule has 34 heavy (non-hydrogen) atoms. The summed E-state index contributed by atoms with van der Waals surface area (Å²) in [5.74, 6) is -0.759. The van der Waals surface area contributed by atoms with Crippen molar-refractivity contribution in [3.8, 4) is 0 Å². The molecule has 2 aliphatic rings. The smallest absolute Gasteiger partial charge is 0.268 e. The Labute approximate surface area is 199 Å². The number of benzene rings is 3. The molecular formula is C26H20N4O3S. The minimum absolute atomic E-state index is 0.0229. The predicted octanol–water partition coefficient (Wildman–Crippen LogP) is 4.06. The van der Waals surface area contributed by atoms with Crippen LogP contribution >= 0.6 is 11.3 Å². The Morgan fingerprint density at radius 1 is 0.794 bits per heavy atom. The number of amides is 3. The van der Waals surface area contributed by atoms with Gasteiger partial charge < -0.3 is 9.80 Å². The lowest BCUT2D eigenvalue weighted by Crippen LogP contribution is -2.48. The zero-order valence-electron chi connectivity index (χ0n) is 18.2. The number of thiazole rings is 1. The lowest BCUT2D eigenvalue weighted by Gasteiger charge is -2.36. The first-order valence-electron chi connectivity index (χ1n) is 11.1. The maximum Gasteiger partial charge on any atom is 0.268 e. The highest BCUT2D eigenvalue weighted by molar-refractivity contribution is 7.22. The number of carbonyl (C=O) groups is 3. The van der Waals surface area contributed by atoms with Crippen molar-refractivity contribution in [1.82, 2.24) is 9.88 Å². The van der Waals surface area contributed by atoms with Gasteiger partial charge in [-0.15, -0.1) is 0 Å². The Hall–Kier alpha value is -4.04. The van der Waals surface area contributed by atoms with Crippen LogP contribution in [0.5, 0.6) is 0 Å². The second kappa shape index (κ2) is 8.07. The normalized spacial score (nSPS) is 15.8. The number of rotatable bonds is 3. The number of imide groups is 1. The molecule has 0 atom stereocenters. The van der Waals surface area contributed by atoms with E-state index in [9.17, 15) is 14.4 Å². The zero-order chi connectivity index (χ0) is 23.2. The molecule has 1 fully saturated rings. The number of para-hydroxylation sites is 1. The molecule has 3 aromatic carbocycles. The zero-order valence-corrected chi connectivity index (χ0v) is 19.0. The summed E-state index contributed by atoms with van der Waals surface area (Å²) in [6.07, 6.45) is 0. The van der Waals surface area contributed by atoms with Gasteiger partial charge in [0.2, 0.25) is 5.13 Å². The molecule has 6 rings (SSSR count). The summed E-state index contributed by atoms with van der Waals surface area (Å²) < 4.78 is 0.764. The molecule has 0 unspecified atom stereocenters. The molecule has 3 heterocycles. The van der Waals surface area contributed by atoms with Gasteiger partial charge in [0.05, 0.1) is 21.3 Å². The first-order valence-corrected chi connectivity index (χ1v) is 11.9. The van der Waals surface area contributed by atoms with Gasteiger partial charge in [0.1, 0.15) is 0 Å². The number of piperazine rings is 1. The number of aromatic nitrogens is 1. The van der Waals surface area contributed by atoms with Crippen LogP contribution in [0.3, 0.4) is 0 Å². The SMILES string of the molecule is O=C(c1ccc2nc(N3C(=O)c4ccccc4C3=O)sc2c1)N1CCN(c2ccccc2)CC1. The van der Waals surface area contributed by atoms with E-state index in [1.54, 1.807) is 42.5 Å². The molecule has 168 valence electrons. The Morgan fingerprint density at radius 2 is 1.44 bits per heavy atom. The monoisotopic (exact) mass is 468 g/mol. The lowest BCUT2D eigenvalue weighted by atomic mass is 10.1. The summed E-state index contributed by atoms with van der Waals surface area (Å²) in [5.41, 5.74) is 3.18. The molecule has 1 aromatic heterocycles. The van der Waals surface area contributed by atoms with E-state index in [-0.39, 0.29) is 17.7 Å². The third-order valence-electron chi connectivity index (χ3n) is 6.30. The van der Waals surface area contributed by atoms with Gasteiger partial charge in [-0.2, -0.15) is 0 Å². The molecule has 4 aromatic rings. The number of fused-ring (bicyclic) bond motifs is 2. The van der Waals surface area contributed by atoms with E-state index in [1.165, 1.54) is 17.0 Å². The second-order valence-electron chi connectivity index (χ2n) is 8.29. The van der Waals surface area contributed by atoms with Gasteiger partial charge in [0.25, 0.3) is 17.7 Å². The van der Waals surface area contributed by atoms with Gasteiger partial charge in [0.15, 0.2) is 0 Å². The number of hydrogen-bond donors (Lipinski definition) is 0. The molecule has 0 radical (unpaired) electrons. The molecule has 7 nitrogen and oxygen atoms in total. The minimum Gasteiger partial charge on any atom is -0.368 e. The van der Waals surface area contributed by atoms with Crippen molar-refractivity contribution in [3.63, 3.8) is 0 Å². The van der Waals surface area contributed by atoms with Gasteiger partial charge in [-0.25, -0.2) is 9.88 Å². The molecule has 0 N–H and O–H groups in total. The highest BCUT2D eigenvalue weighted by Crippen LogP contribution is 2.35. The highest BCUT2D eigenvalue weighted by atomic mass is 32.1. The fourth-order valence-electron chi connectivity index (χ4n) is 4.49. The Kier molecular flexibility index (Phi) is 4.88. The Balaban J connectivity index is 1.21. The van der Waals surface area contributed by atoms with Crippen LogP contribution in [0.4, 0.5) is 10.8 Å². The number of nitrogens with zero attached hydrogens (tertiary/aromatic N) is 4. The summed E-state index contributed by atoms with van der Waals surface area (Å²) in [6, 6.07) is 22.3. The third kappa shape index (κ3) is 3.34. The van der Waals surface area contributed by atoms with Gasteiger partial charge in [-0.05, 0) is 42.5 Å². The van der Waals surface area contributed by atoms with Gasteiger partial charge in [-0.1, -0.05) is 41.7 Å². The molecule has 3 amide bonds. The molecule has 1 saturated heterocycles.